The highest BCUT2D eigenvalue weighted by Gasteiger charge is 2.59. The van der Waals surface area contributed by atoms with Crippen molar-refractivity contribution in [3.8, 4) is 0 Å². The topological polar surface area (TPSA) is 46.6 Å². The quantitative estimate of drug-likeness (QED) is 0.525. The zero-order valence-corrected chi connectivity index (χ0v) is 20.5. The molecule has 0 aromatic heterocycles. The number of ketones is 1. The maximum absolute atomic E-state index is 12.5. The molecule has 32 heavy (non-hydrogen) atoms. The van der Waals surface area contributed by atoms with E-state index in [1.807, 2.05) is 0 Å². The lowest BCUT2D eigenvalue weighted by molar-refractivity contribution is -0.161. The molecule has 1 aliphatic heterocycles. The summed E-state index contributed by atoms with van der Waals surface area (Å²) in [5.74, 6) is 3.16. The zero-order chi connectivity index (χ0) is 22.5. The van der Waals surface area contributed by atoms with Crippen molar-refractivity contribution in [3.63, 3.8) is 0 Å². The van der Waals surface area contributed by atoms with Crippen LogP contribution in [0.15, 0.2) is 11.6 Å². The number of ether oxygens (including phenoxy) is 1. The van der Waals surface area contributed by atoms with Crippen molar-refractivity contribution in [2.45, 2.75) is 97.5 Å². The van der Waals surface area contributed by atoms with Crippen LogP contribution in [0.5, 0.6) is 0 Å². The third-order valence-corrected chi connectivity index (χ3v) is 10.7. The number of carbonyl (C=O) groups excluding carboxylic acids is 2. The molecule has 1 saturated heterocycles. The Hall–Kier alpha value is -1.16. The number of rotatable bonds is 5. The van der Waals surface area contributed by atoms with Gasteiger partial charge in [0.25, 0.3) is 0 Å². The minimum Gasteiger partial charge on any atom is -0.462 e. The molecular weight excluding hydrogens is 398 g/mol. The SMILES string of the molecule is CC(=O)C1=CC[C@H]2[C@H]3CC[C@H]4C[C@@H](OC(=O)CCN5CCCC5)CC[C@]4(C)[C@H]3CC[C@]12C. The molecule has 4 nitrogen and oxygen atoms in total. The molecule has 0 unspecified atom stereocenters. The Bertz CT molecular complexity index is 784. The van der Waals surface area contributed by atoms with Gasteiger partial charge in [-0.25, -0.2) is 0 Å². The first kappa shape index (κ1) is 22.6. The second kappa shape index (κ2) is 8.56. The molecule has 0 amide bonds. The normalized spacial score (nSPS) is 43.7. The van der Waals surface area contributed by atoms with Crippen LogP contribution >= 0.6 is 0 Å². The van der Waals surface area contributed by atoms with Gasteiger partial charge in [0, 0.05) is 6.54 Å². The summed E-state index contributed by atoms with van der Waals surface area (Å²) in [5.41, 5.74) is 1.61. The summed E-state index contributed by atoms with van der Waals surface area (Å²) in [7, 11) is 0. The van der Waals surface area contributed by atoms with Crippen LogP contribution in [0, 0.1) is 34.5 Å². The van der Waals surface area contributed by atoms with E-state index in [1.54, 1.807) is 6.92 Å². The molecule has 5 aliphatic rings. The van der Waals surface area contributed by atoms with Gasteiger partial charge in [0.15, 0.2) is 5.78 Å². The molecule has 4 heteroatoms. The zero-order valence-electron chi connectivity index (χ0n) is 20.5. The molecular formula is C28H43NO3. The number of allylic oxidation sites excluding steroid dienone is 2. The number of likely N-dealkylation sites (tertiary alicyclic amines) is 1. The number of hydrogen-bond donors (Lipinski definition) is 0. The van der Waals surface area contributed by atoms with Crippen LogP contribution in [0.3, 0.4) is 0 Å². The average Bonchev–Trinajstić information content (AvgIpc) is 3.39. The Labute approximate surface area is 194 Å². The highest BCUT2D eigenvalue weighted by Crippen LogP contribution is 2.66. The van der Waals surface area contributed by atoms with Gasteiger partial charge in [0.05, 0.1) is 6.42 Å². The van der Waals surface area contributed by atoms with Gasteiger partial charge in [-0.2, -0.15) is 0 Å². The number of hydrogen-bond acceptors (Lipinski definition) is 4. The maximum atomic E-state index is 12.5. The summed E-state index contributed by atoms with van der Waals surface area (Å²) in [6.07, 6.45) is 14.9. The highest BCUT2D eigenvalue weighted by molar-refractivity contribution is 5.95. The molecule has 4 aliphatic carbocycles. The van der Waals surface area contributed by atoms with Crippen LogP contribution in [-0.4, -0.2) is 42.4 Å². The van der Waals surface area contributed by atoms with Gasteiger partial charge in [-0.05, 0) is 124 Å². The van der Waals surface area contributed by atoms with E-state index in [9.17, 15) is 9.59 Å². The Morgan fingerprint density at radius 3 is 2.59 bits per heavy atom. The van der Waals surface area contributed by atoms with E-state index in [0.717, 1.165) is 56.3 Å². The van der Waals surface area contributed by atoms with Gasteiger partial charge < -0.3 is 9.64 Å². The number of fused-ring (bicyclic) bond motifs is 5. The molecule has 4 fully saturated rings. The Morgan fingerprint density at radius 2 is 1.84 bits per heavy atom. The summed E-state index contributed by atoms with van der Waals surface area (Å²) in [6, 6.07) is 0. The van der Waals surface area contributed by atoms with Gasteiger partial charge in [0.1, 0.15) is 6.10 Å². The van der Waals surface area contributed by atoms with Crippen molar-refractivity contribution in [1.29, 1.82) is 0 Å². The third-order valence-electron chi connectivity index (χ3n) is 10.7. The lowest BCUT2D eigenvalue weighted by Gasteiger charge is -2.60. The van der Waals surface area contributed by atoms with Crippen molar-refractivity contribution in [2.75, 3.05) is 19.6 Å². The lowest BCUT2D eigenvalue weighted by atomic mass is 9.44. The molecule has 5 rings (SSSR count). The molecule has 0 radical (unpaired) electrons. The van der Waals surface area contributed by atoms with Crippen LogP contribution < -0.4 is 0 Å². The summed E-state index contributed by atoms with van der Waals surface area (Å²) in [4.78, 5) is 27.2. The average molecular weight is 442 g/mol. The van der Waals surface area contributed by atoms with Crippen molar-refractivity contribution in [1.82, 2.24) is 4.90 Å². The maximum Gasteiger partial charge on any atom is 0.307 e. The molecule has 0 N–H and O–H groups in total. The van der Waals surface area contributed by atoms with Gasteiger partial charge in [-0.15, -0.1) is 0 Å². The van der Waals surface area contributed by atoms with Crippen molar-refractivity contribution in [3.05, 3.63) is 11.6 Å². The molecule has 0 aromatic carbocycles. The summed E-state index contributed by atoms with van der Waals surface area (Å²) in [5, 5.41) is 0. The summed E-state index contributed by atoms with van der Waals surface area (Å²) in [6.45, 7) is 9.84. The fraction of sp³-hybridized carbons (Fsp3) is 0.857. The Kier molecular flexibility index (Phi) is 6.05. The number of Topliss-reactive ketones (excluding diaryl/α,β-unsaturated/α-hetero) is 1. The smallest absolute Gasteiger partial charge is 0.307 e. The highest BCUT2D eigenvalue weighted by atomic mass is 16.5. The fourth-order valence-electron chi connectivity index (χ4n) is 8.94. The first-order valence-electron chi connectivity index (χ1n) is 13.4. The van der Waals surface area contributed by atoms with Crippen molar-refractivity contribution < 1.29 is 14.3 Å². The van der Waals surface area contributed by atoms with Gasteiger partial charge in [-0.1, -0.05) is 19.9 Å². The predicted octanol–water partition coefficient (Wildman–Crippen LogP) is 5.55. The Morgan fingerprint density at radius 1 is 1.06 bits per heavy atom. The van der Waals surface area contributed by atoms with Crippen LogP contribution in [0.2, 0.25) is 0 Å². The van der Waals surface area contributed by atoms with E-state index in [1.165, 1.54) is 44.9 Å². The Balaban J connectivity index is 1.20. The van der Waals surface area contributed by atoms with E-state index in [4.69, 9.17) is 4.74 Å². The van der Waals surface area contributed by atoms with E-state index in [2.05, 4.69) is 24.8 Å². The third kappa shape index (κ3) is 3.79. The van der Waals surface area contributed by atoms with Gasteiger partial charge in [0.2, 0.25) is 0 Å². The second-order valence-corrected chi connectivity index (χ2v) is 12.2. The fourth-order valence-corrected chi connectivity index (χ4v) is 8.94. The van der Waals surface area contributed by atoms with Crippen molar-refractivity contribution >= 4 is 11.8 Å². The molecule has 178 valence electrons. The first-order chi connectivity index (χ1) is 15.3. The lowest BCUT2D eigenvalue weighted by Crippen LogP contribution is -2.54. The minimum atomic E-state index is 0.0152. The van der Waals surface area contributed by atoms with Gasteiger partial charge >= 0.3 is 5.97 Å². The molecule has 3 saturated carbocycles. The first-order valence-corrected chi connectivity index (χ1v) is 13.4. The molecule has 0 spiro atoms. The standard InChI is InChI=1S/C28H43NO3/c1-19(30)23-8-9-24-22-7-6-20-18-21(32-26(31)12-17-29-15-4-5-16-29)10-13-27(20,2)25(22)11-14-28(23,24)3/h8,20-22,24-25H,4-7,9-18H2,1-3H3/t20-,21-,22+,24-,25-,27-,28+/m0/s1. The van der Waals surface area contributed by atoms with Crippen LogP contribution in [0.1, 0.15) is 91.4 Å². The summed E-state index contributed by atoms with van der Waals surface area (Å²) >= 11 is 0. The van der Waals surface area contributed by atoms with Crippen molar-refractivity contribution in [2.24, 2.45) is 34.5 Å². The van der Waals surface area contributed by atoms with Crippen LogP contribution in [0.25, 0.3) is 0 Å². The molecule has 0 bridgehead atoms. The number of nitrogens with zero attached hydrogens (tertiary/aromatic N) is 1. The number of esters is 1. The van der Waals surface area contributed by atoms with E-state index >= 15 is 0 Å². The monoisotopic (exact) mass is 441 g/mol. The second-order valence-electron chi connectivity index (χ2n) is 12.2. The predicted molar refractivity (Wildman–Crippen MR) is 126 cm³/mol. The van der Waals surface area contributed by atoms with E-state index in [-0.39, 0.29) is 17.5 Å². The van der Waals surface area contributed by atoms with E-state index < -0.39 is 0 Å². The number of carbonyl (C=O) groups is 2. The van der Waals surface area contributed by atoms with E-state index in [0.29, 0.717) is 29.5 Å². The molecule has 0 aromatic rings. The molecule has 1 heterocycles. The molecule has 7 atom stereocenters. The largest absolute Gasteiger partial charge is 0.462 e. The van der Waals surface area contributed by atoms with Crippen LogP contribution in [0.4, 0.5) is 0 Å². The summed E-state index contributed by atoms with van der Waals surface area (Å²) < 4.78 is 6.00. The van der Waals surface area contributed by atoms with Crippen LogP contribution in [-0.2, 0) is 14.3 Å². The minimum absolute atomic E-state index is 0.0152. The van der Waals surface area contributed by atoms with Gasteiger partial charge in [-0.3, -0.25) is 9.59 Å².